The maximum atomic E-state index is 12.7. The first-order valence-electron chi connectivity index (χ1n) is 20.0. The van der Waals surface area contributed by atoms with Crippen LogP contribution in [0.4, 0.5) is 26.3 Å². The third kappa shape index (κ3) is 10.7. The van der Waals surface area contributed by atoms with E-state index in [-0.39, 0.29) is 52.2 Å². The predicted molar refractivity (Wildman–Crippen MR) is 230 cm³/mol. The van der Waals surface area contributed by atoms with Crippen LogP contribution in [0.2, 0.25) is 0 Å². The summed E-state index contributed by atoms with van der Waals surface area (Å²) in [6.45, 7) is 25.0. The summed E-state index contributed by atoms with van der Waals surface area (Å²) in [5.74, 6) is 1.22. The topological polar surface area (TPSA) is 0 Å². The number of benzene rings is 4. The zero-order valence-electron chi connectivity index (χ0n) is 36.5. The van der Waals surface area contributed by atoms with Crippen molar-refractivity contribution in [2.75, 3.05) is 0 Å². The van der Waals surface area contributed by atoms with Crippen LogP contribution in [0.25, 0.3) is 32.7 Å². The Kier molecular flexibility index (Phi) is 14.8. The van der Waals surface area contributed by atoms with E-state index in [1.165, 1.54) is 84.8 Å². The number of hydrogen-bond donors (Lipinski definition) is 0. The Morgan fingerprint density at radius 3 is 1.41 bits per heavy atom. The molecule has 1 unspecified atom stereocenters. The first kappa shape index (κ1) is 50.3. The largest absolute Gasteiger partial charge is 1.00 e. The molecule has 0 saturated heterocycles. The Morgan fingerprint density at radius 2 is 1.08 bits per heavy atom. The van der Waals surface area contributed by atoms with Gasteiger partial charge >= 0.3 is 137 Å². The van der Waals surface area contributed by atoms with Crippen molar-refractivity contribution in [2.45, 2.75) is 99.3 Å². The minimum atomic E-state index is -4.49. The van der Waals surface area contributed by atoms with E-state index in [0.29, 0.717) is 15.0 Å². The Morgan fingerprint density at radius 1 is 0.672 bits per heavy atom. The van der Waals surface area contributed by atoms with Crippen molar-refractivity contribution in [2.24, 2.45) is 17.3 Å². The number of halogens is 8. The SMILES string of the molecule is CC(C)C1[C-]=CC(C(C)(C)C)=C1.CC1=CC(C)(C)c2cc3[cH-]c4cc5c(cc4c3cc21)C(C)=CC5(C)C.FC(F)(F)c1cccc([C](=[Zr+2])c2cccc(C(F)(F)F)c2)c1.[Cl-].[Cl-]. The molecule has 322 valence electrons. The van der Waals surface area contributed by atoms with Crippen LogP contribution in [0.1, 0.15) is 121 Å². The van der Waals surface area contributed by atoms with Crippen LogP contribution in [-0.2, 0) is 47.4 Å². The van der Waals surface area contributed by atoms with E-state index < -0.39 is 23.5 Å². The molecule has 0 saturated carbocycles. The average molecular weight is 953 g/mol. The van der Waals surface area contributed by atoms with Gasteiger partial charge in [0.1, 0.15) is 0 Å². The molecule has 0 heterocycles. The summed E-state index contributed by atoms with van der Waals surface area (Å²) in [5.41, 5.74) is 9.51. The van der Waals surface area contributed by atoms with Crippen LogP contribution < -0.4 is 24.8 Å². The molecule has 9 heteroatoms. The normalized spacial score (nSPS) is 17.2. The van der Waals surface area contributed by atoms with Gasteiger partial charge in [0, 0.05) is 10.8 Å². The minimum absolute atomic E-state index is 0. The maximum absolute atomic E-state index is 12.7. The fourth-order valence-electron chi connectivity index (χ4n) is 8.41. The number of rotatable bonds is 3. The van der Waals surface area contributed by atoms with Gasteiger partial charge in [-0.25, -0.2) is 6.08 Å². The van der Waals surface area contributed by atoms with Crippen LogP contribution in [0.5, 0.6) is 0 Å². The van der Waals surface area contributed by atoms with Crippen molar-refractivity contribution in [3.05, 3.63) is 159 Å². The van der Waals surface area contributed by atoms with Crippen LogP contribution in [0.3, 0.4) is 0 Å². The number of alkyl halides is 6. The average Bonchev–Trinajstić information content (AvgIpc) is 3.88. The number of allylic oxidation sites excluding steroid dienone is 8. The summed E-state index contributed by atoms with van der Waals surface area (Å²) >= 11 is 0.729. The summed E-state index contributed by atoms with van der Waals surface area (Å²) in [4.78, 5) is 0. The van der Waals surface area contributed by atoms with Crippen molar-refractivity contribution >= 4 is 35.9 Å². The van der Waals surface area contributed by atoms with Gasteiger partial charge in [-0.3, -0.25) is 6.08 Å². The molecule has 0 amide bonds. The quantitative estimate of drug-likeness (QED) is 0.125. The summed E-state index contributed by atoms with van der Waals surface area (Å²) < 4.78 is 76.7. The zero-order valence-corrected chi connectivity index (χ0v) is 40.5. The van der Waals surface area contributed by atoms with E-state index in [1.54, 1.807) is 0 Å². The molecule has 0 aromatic heterocycles. The minimum Gasteiger partial charge on any atom is -1.00 e. The van der Waals surface area contributed by atoms with Gasteiger partial charge in [0.25, 0.3) is 0 Å². The van der Waals surface area contributed by atoms with Gasteiger partial charge in [-0.05, 0) is 36.1 Å². The second-order valence-electron chi connectivity index (χ2n) is 18.7. The monoisotopic (exact) mass is 950 g/mol. The standard InChI is InChI=1S/C25H25.C15H8F6.C12H19.2ClH.Zr/c1-14-12-24(3,4)22-8-16-7-17-9-23-19(15(2)13-25(23,5)6)11-21(17)20(16)10-18(14)22;16-14(17,18)12-5-1-3-10(8-12)7-11-4-2-6-13(9-11)15(19,20)21;1-9(2)10-6-7-11(8-10)12(3,4)5;;;/h7-13H,1-6H3;1-6,8-9H;7-10H,1-5H3;2*1H;/q-1;;-1;;;+2/p-2. The van der Waals surface area contributed by atoms with Crippen molar-refractivity contribution in [1.82, 2.24) is 0 Å². The van der Waals surface area contributed by atoms with Gasteiger partial charge < -0.3 is 24.8 Å². The molecule has 3 aliphatic rings. The van der Waals surface area contributed by atoms with Crippen LogP contribution in [-0.4, -0.2) is 3.21 Å². The molecule has 5 aromatic carbocycles. The fourth-order valence-corrected chi connectivity index (χ4v) is 9.18. The van der Waals surface area contributed by atoms with Crippen LogP contribution in [0, 0.1) is 23.3 Å². The van der Waals surface area contributed by atoms with Gasteiger partial charge in [0.2, 0.25) is 0 Å². The van der Waals surface area contributed by atoms with Crippen molar-refractivity contribution in [3.63, 3.8) is 0 Å². The Balaban J connectivity index is 0.000000210. The molecule has 5 aromatic rings. The summed E-state index contributed by atoms with van der Waals surface area (Å²) in [5, 5.41) is 5.57. The third-order valence-corrected chi connectivity index (χ3v) is 13.1. The van der Waals surface area contributed by atoms with Crippen molar-refractivity contribution in [1.29, 1.82) is 0 Å². The summed E-state index contributed by atoms with van der Waals surface area (Å²) in [6.07, 6.45) is 3.75. The maximum Gasteiger partial charge on any atom is -1.00 e. The summed E-state index contributed by atoms with van der Waals surface area (Å²) in [6, 6.07) is 21.3. The molecule has 0 spiro atoms. The predicted octanol–water partition coefficient (Wildman–Crippen LogP) is 9.55. The van der Waals surface area contributed by atoms with E-state index in [2.05, 4.69) is 137 Å². The van der Waals surface area contributed by atoms with Gasteiger partial charge in [-0.1, -0.05) is 115 Å². The van der Waals surface area contributed by atoms with Crippen LogP contribution in [0.15, 0.2) is 109 Å². The van der Waals surface area contributed by atoms with Crippen molar-refractivity contribution in [3.8, 4) is 0 Å². The van der Waals surface area contributed by atoms with E-state index in [4.69, 9.17) is 0 Å². The molecule has 0 nitrogen and oxygen atoms in total. The second-order valence-corrected chi connectivity index (χ2v) is 19.9. The first-order valence-corrected chi connectivity index (χ1v) is 21.3. The van der Waals surface area contributed by atoms with Gasteiger partial charge in [0.05, 0.1) is 0 Å². The molecule has 8 rings (SSSR count). The van der Waals surface area contributed by atoms with Gasteiger partial charge in [-0.2, -0.15) is 11.6 Å². The second kappa shape index (κ2) is 18.0. The Labute approximate surface area is 384 Å². The molecule has 0 radical (unpaired) electrons. The molecule has 3 aliphatic carbocycles. The molecule has 1 atom stereocenters. The fraction of sp³-hybridized carbons (Fsp3) is 0.346. The van der Waals surface area contributed by atoms with Crippen molar-refractivity contribution < 1.29 is 75.4 Å². The molecular formula is C52H52Cl2F6Zr-2. The Hall–Kier alpha value is -3.38. The van der Waals surface area contributed by atoms with Gasteiger partial charge in [-0.15, -0.1) is 39.7 Å². The van der Waals surface area contributed by atoms with E-state index in [0.717, 1.165) is 48.5 Å². The Bertz CT molecular complexity index is 2430. The number of hydrogen-bond acceptors (Lipinski definition) is 0. The molecule has 61 heavy (non-hydrogen) atoms. The first-order chi connectivity index (χ1) is 27.2. The molecule has 0 N–H and O–H groups in total. The molecule has 0 fully saturated rings. The van der Waals surface area contributed by atoms with E-state index >= 15 is 0 Å². The smallest absolute Gasteiger partial charge is 1.00 e. The molecule has 0 bridgehead atoms. The van der Waals surface area contributed by atoms with E-state index in [1.807, 2.05) is 0 Å². The van der Waals surface area contributed by atoms with E-state index in [9.17, 15) is 26.3 Å². The zero-order chi connectivity index (χ0) is 43.6. The molecule has 0 aliphatic heterocycles. The van der Waals surface area contributed by atoms with Gasteiger partial charge in [0.15, 0.2) is 0 Å². The number of fused-ring (bicyclic) bond motifs is 5. The van der Waals surface area contributed by atoms with Crippen LogP contribution >= 0.6 is 0 Å². The third-order valence-electron chi connectivity index (χ3n) is 11.7. The summed E-state index contributed by atoms with van der Waals surface area (Å²) in [7, 11) is 0. The molecular weight excluding hydrogens is 901 g/mol.